The molecule has 29 heavy (non-hydrogen) atoms. The van der Waals surface area contributed by atoms with E-state index in [0.29, 0.717) is 15.4 Å². The summed E-state index contributed by atoms with van der Waals surface area (Å²) in [4.78, 5) is 45.5. The largest absolute Gasteiger partial charge is 0.301 e. The summed E-state index contributed by atoms with van der Waals surface area (Å²) in [6.45, 7) is 0. The van der Waals surface area contributed by atoms with Crippen LogP contribution in [-0.2, 0) is 17.6 Å². The quantitative estimate of drug-likeness (QED) is 0.334. The highest BCUT2D eigenvalue weighted by Crippen LogP contribution is 2.34. The van der Waals surface area contributed by atoms with Crippen molar-refractivity contribution >= 4 is 45.1 Å². The van der Waals surface area contributed by atoms with Crippen LogP contribution in [-0.4, -0.2) is 27.5 Å². The number of aromatic nitrogens is 2. The Morgan fingerprint density at radius 1 is 1.17 bits per heavy atom. The SMILES string of the molecule is O=C(CSc1nc2sc3c(c2c(=O)[nH]1)CCCC3)NNC(=O)c1ccc(F)cc1. The van der Waals surface area contributed by atoms with Gasteiger partial charge in [0.05, 0.1) is 11.1 Å². The van der Waals surface area contributed by atoms with Gasteiger partial charge in [-0.3, -0.25) is 25.2 Å². The molecule has 0 bridgehead atoms. The number of thioether (sulfide) groups is 1. The number of carbonyl (C=O) groups excluding carboxylic acids is 2. The molecule has 0 fully saturated rings. The first-order valence-corrected chi connectivity index (χ1v) is 10.8. The van der Waals surface area contributed by atoms with E-state index in [1.807, 2.05) is 0 Å². The lowest BCUT2D eigenvalue weighted by Crippen LogP contribution is -2.42. The molecule has 0 aliphatic heterocycles. The van der Waals surface area contributed by atoms with Crippen LogP contribution in [0.3, 0.4) is 0 Å². The Bertz CT molecular complexity index is 1140. The van der Waals surface area contributed by atoms with Gasteiger partial charge in [0.25, 0.3) is 11.5 Å². The number of hydrogen-bond acceptors (Lipinski definition) is 6. The first kappa shape index (κ1) is 19.6. The van der Waals surface area contributed by atoms with Crippen LogP contribution >= 0.6 is 23.1 Å². The average molecular weight is 433 g/mol. The number of aromatic amines is 1. The number of fused-ring (bicyclic) bond motifs is 3. The van der Waals surface area contributed by atoms with Crippen molar-refractivity contribution in [2.45, 2.75) is 30.8 Å². The molecule has 0 spiro atoms. The summed E-state index contributed by atoms with van der Waals surface area (Å²) in [5.74, 6) is -1.50. The van der Waals surface area contributed by atoms with Gasteiger partial charge in [0, 0.05) is 10.4 Å². The number of halogens is 1. The molecule has 0 saturated heterocycles. The third kappa shape index (κ3) is 4.33. The molecule has 2 heterocycles. The van der Waals surface area contributed by atoms with Gasteiger partial charge in [-0.1, -0.05) is 11.8 Å². The molecule has 0 saturated carbocycles. The highest BCUT2D eigenvalue weighted by Gasteiger charge is 2.20. The van der Waals surface area contributed by atoms with Gasteiger partial charge in [0.1, 0.15) is 10.6 Å². The molecular weight excluding hydrogens is 415 g/mol. The number of hydrogen-bond donors (Lipinski definition) is 3. The number of nitrogens with one attached hydrogen (secondary N) is 3. The summed E-state index contributed by atoms with van der Waals surface area (Å²) >= 11 is 2.63. The summed E-state index contributed by atoms with van der Waals surface area (Å²) in [7, 11) is 0. The van der Waals surface area contributed by atoms with Gasteiger partial charge in [-0.05, 0) is 55.5 Å². The number of benzene rings is 1. The van der Waals surface area contributed by atoms with Crippen LogP contribution in [0.5, 0.6) is 0 Å². The smallest absolute Gasteiger partial charge is 0.269 e. The zero-order valence-electron chi connectivity index (χ0n) is 15.2. The second-order valence-electron chi connectivity index (χ2n) is 6.56. The molecule has 1 aromatic carbocycles. The molecule has 3 aromatic rings. The molecule has 2 amide bonds. The first-order chi connectivity index (χ1) is 14.0. The van der Waals surface area contributed by atoms with Crippen LogP contribution in [0.1, 0.15) is 33.6 Å². The van der Waals surface area contributed by atoms with Crippen molar-refractivity contribution in [3.63, 3.8) is 0 Å². The van der Waals surface area contributed by atoms with Crippen molar-refractivity contribution in [3.8, 4) is 0 Å². The minimum atomic E-state index is -0.555. The van der Waals surface area contributed by atoms with E-state index in [2.05, 4.69) is 20.8 Å². The standard InChI is InChI=1S/C19H17FN4O3S2/c20-11-7-5-10(6-8-11)16(26)24-23-14(25)9-28-19-21-17(27)15-12-3-1-2-4-13(12)29-18(15)22-19/h5-8H,1-4,9H2,(H,23,25)(H,24,26)(H,21,22,27). The molecule has 7 nitrogen and oxygen atoms in total. The third-order valence-electron chi connectivity index (χ3n) is 4.57. The maximum Gasteiger partial charge on any atom is 0.269 e. The van der Waals surface area contributed by atoms with E-state index < -0.39 is 17.6 Å². The van der Waals surface area contributed by atoms with Crippen LogP contribution in [0.4, 0.5) is 4.39 Å². The number of aryl methyl sites for hydroxylation is 2. The molecule has 4 rings (SSSR count). The van der Waals surface area contributed by atoms with Crippen molar-refractivity contribution in [3.05, 3.63) is 56.4 Å². The fourth-order valence-electron chi connectivity index (χ4n) is 3.18. The van der Waals surface area contributed by atoms with Gasteiger partial charge in [-0.2, -0.15) is 0 Å². The van der Waals surface area contributed by atoms with Gasteiger partial charge >= 0.3 is 0 Å². The van der Waals surface area contributed by atoms with Crippen molar-refractivity contribution in [1.82, 2.24) is 20.8 Å². The maximum absolute atomic E-state index is 12.9. The minimum absolute atomic E-state index is 0.0385. The van der Waals surface area contributed by atoms with Gasteiger partial charge < -0.3 is 4.98 Å². The molecule has 1 aliphatic rings. The van der Waals surface area contributed by atoms with E-state index in [4.69, 9.17) is 0 Å². The van der Waals surface area contributed by atoms with Crippen LogP contribution in [0.2, 0.25) is 0 Å². The third-order valence-corrected chi connectivity index (χ3v) is 6.62. The Balaban J connectivity index is 1.36. The zero-order valence-corrected chi connectivity index (χ0v) is 16.8. The highest BCUT2D eigenvalue weighted by molar-refractivity contribution is 7.99. The number of nitrogens with zero attached hydrogens (tertiary/aromatic N) is 1. The second-order valence-corrected chi connectivity index (χ2v) is 8.61. The van der Waals surface area contributed by atoms with Gasteiger partial charge in [-0.25, -0.2) is 9.37 Å². The Morgan fingerprint density at radius 3 is 2.72 bits per heavy atom. The Hall–Kier alpha value is -2.72. The lowest BCUT2D eigenvalue weighted by molar-refractivity contribution is -0.119. The fourth-order valence-corrected chi connectivity index (χ4v) is 5.16. The molecule has 10 heteroatoms. The van der Waals surface area contributed by atoms with Crippen molar-refractivity contribution < 1.29 is 14.0 Å². The predicted molar refractivity (Wildman–Crippen MR) is 110 cm³/mol. The molecular formula is C19H17FN4O3S2. The summed E-state index contributed by atoms with van der Waals surface area (Å²) < 4.78 is 12.9. The van der Waals surface area contributed by atoms with E-state index in [-0.39, 0.29) is 16.9 Å². The Labute approximate surface area is 173 Å². The number of rotatable bonds is 4. The average Bonchev–Trinajstić information content (AvgIpc) is 3.10. The monoisotopic (exact) mass is 432 g/mol. The van der Waals surface area contributed by atoms with Crippen molar-refractivity contribution in [1.29, 1.82) is 0 Å². The van der Waals surface area contributed by atoms with E-state index in [9.17, 15) is 18.8 Å². The van der Waals surface area contributed by atoms with E-state index in [1.165, 1.54) is 17.0 Å². The fraction of sp³-hybridized carbons (Fsp3) is 0.263. The Kier molecular flexibility index (Phi) is 5.63. The number of amides is 2. The number of carbonyl (C=O) groups is 2. The number of thiophene rings is 1. The molecule has 150 valence electrons. The molecule has 0 unspecified atom stereocenters. The van der Waals surface area contributed by atoms with E-state index >= 15 is 0 Å². The molecule has 1 aliphatic carbocycles. The second kappa shape index (κ2) is 8.34. The zero-order chi connectivity index (χ0) is 20.4. The topological polar surface area (TPSA) is 104 Å². The lowest BCUT2D eigenvalue weighted by atomic mass is 9.97. The van der Waals surface area contributed by atoms with E-state index in [0.717, 1.165) is 55.1 Å². The Morgan fingerprint density at radius 2 is 1.93 bits per heavy atom. The molecule has 0 radical (unpaired) electrons. The summed E-state index contributed by atoms with van der Waals surface area (Å²) in [6, 6.07) is 4.95. The molecule has 3 N–H and O–H groups in total. The van der Waals surface area contributed by atoms with Crippen LogP contribution in [0.25, 0.3) is 10.2 Å². The number of hydrazine groups is 1. The summed E-state index contributed by atoms with van der Waals surface area (Å²) in [6.07, 6.45) is 4.10. The summed E-state index contributed by atoms with van der Waals surface area (Å²) in [5.41, 5.74) is 5.71. The predicted octanol–water partition coefficient (Wildman–Crippen LogP) is 2.56. The normalized spacial score (nSPS) is 13.1. The van der Waals surface area contributed by atoms with Crippen LogP contribution < -0.4 is 16.4 Å². The minimum Gasteiger partial charge on any atom is -0.301 e. The number of H-pyrrole nitrogens is 1. The van der Waals surface area contributed by atoms with Gasteiger partial charge in [0.2, 0.25) is 5.91 Å². The first-order valence-electron chi connectivity index (χ1n) is 9.03. The van der Waals surface area contributed by atoms with Gasteiger partial charge in [0.15, 0.2) is 5.16 Å². The highest BCUT2D eigenvalue weighted by atomic mass is 32.2. The van der Waals surface area contributed by atoms with Crippen molar-refractivity contribution in [2.24, 2.45) is 0 Å². The van der Waals surface area contributed by atoms with Crippen LogP contribution in [0, 0.1) is 5.82 Å². The molecule has 2 aromatic heterocycles. The van der Waals surface area contributed by atoms with Crippen molar-refractivity contribution in [2.75, 3.05) is 5.75 Å². The lowest BCUT2D eigenvalue weighted by Gasteiger charge is -2.09. The maximum atomic E-state index is 12.9. The molecule has 0 atom stereocenters. The van der Waals surface area contributed by atoms with Crippen LogP contribution in [0.15, 0.2) is 34.2 Å². The summed E-state index contributed by atoms with van der Waals surface area (Å²) in [5, 5.41) is 1.03. The van der Waals surface area contributed by atoms with E-state index in [1.54, 1.807) is 11.3 Å². The van der Waals surface area contributed by atoms with Gasteiger partial charge in [-0.15, -0.1) is 11.3 Å².